The molecule has 112 valence electrons. The first kappa shape index (κ1) is 18.7. The van der Waals surface area contributed by atoms with Crippen LogP contribution in [0.5, 0.6) is 0 Å². The Labute approximate surface area is 126 Å². The first-order valence-corrected chi connectivity index (χ1v) is 8.71. The number of carboxylic acids is 1. The summed E-state index contributed by atoms with van der Waals surface area (Å²) in [5, 5.41) is 9.77. The van der Waals surface area contributed by atoms with Gasteiger partial charge in [0.1, 0.15) is 0 Å². The van der Waals surface area contributed by atoms with Crippen molar-refractivity contribution in [2.24, 2.45) is 5.92 Å². The first-order chi connectivity index (χ1) is 9.16. The maximum atomic E-state index is 10.5. The molecule has 3 heteroatoms. The van der Waals surface area contributed by atoms with Crippen LogP contribution in [0.15, 0.2) is 12.2 Å². The van der Waals surface area contributed by atoms with Gasteiger partial charge in [0.2, 0.25) is 0 Å². The normalized spacial score (nSPS) is 12.9. The molecule has 0 aromatic heterocycles. The van der Waals surface area contributed by atoms with Gasteiger partial charge in [-0.25, -0.2) is 0 Å². The van der Waals surface area contributed by atoms with E-state index in [0.29, 0.717) is 0 Å². The summed E-state index contributed by atoms with van der Waals surface area (Å²) in [6, 6.07) is 0. The average Bonchev–Trinajstić information content (AvgIpc) is 2.35. The van der Waals surface area contributed by atoms with Crippen molar-refractivity contribution in [1.29, 1.82) is 0 Å². The lowest BCUT2D eigenvalue weighted by atomic mass is 10.0. The predicted octanol–water partition coefficient (Wildman–Crippen LogP) is 5.56. The molecular formula is C16H29BrO2. The molecule has 0 aliphatic carbocycles. The zero-order valence-corrected chi connectivity index (χ0v) is 13.8. The van der Waals surface area contributed by atoms with E-state index in [9.17, 15) is 4.79 Å². The molecule has 0 bridgehead atoms. The summed E-state index contributed by atoms with van der Waals surface area (Å²) >= 11 is 3.45. The van der Waals surface area contributed by atoms with Crippen LogP contribution < -0.4 is 0 Å². The molecule has 0 saturated carbocycles. The van der Waals surface area contributed by atoms with Crippen LogP contribution in [0.4, 0.5) is 0 Å². The lowest BCUT2D eigenvalue weighted by Gasteiger charge is -2.03. The second kappa shape index (κ2) is 14.1. The highest BCUT2D eigenvalue weighted by atomic mass is 79.9. The molecule has 1 unspecified atom stereocenters. The Morgan fingerprint density at radius 2 is 1.63 bits per heavy atom. The van der Waals surface area contributed by atoms with E-state index >= 15 is 0 Å². The van der Waals surface area contributed by atoms with Gasteiger partial charge in [-0.3, -0.25) is 4.79 Å². The monoisotopic (exact) mass is 332 g/mol. The standard InChI is InChI=1S/C16H29BrO2/c1-15(14-16(18)19)12-10-8-6-4-2-3-5-7-9-11-13-17/h8,10,15H,2-7,9,11-14H2,1H3,(H,18,19)/b10-8-. The third-order valence-corrected chi connectivity index (χ3v) is 3.79. The lowest BCUT2D eigenvalue weighted by molar-refractivity contribution is -0.137. The summed E-state index contributed by atoms with van der Waals surface area (Å²) in [5.74, 6) is -0.441. The number of unbranched alkanes of at least 4 members (excludes halogenated alkanes) is 7. The number of hydrogen-bond donors (Lipinski definition) is 1. The van der Waals surface area contributed by atoms with E-state index in [-0.39, 0.29) is 12.3 Å². The van der Waals surface area contributed by atoms with Crippen LogP contribution >= 0.6 is 15.9 Å². The highest BCUT2D eigenvalue weighted by Gasteiger charge is 2.04. The summed E-state index contributed by atoms with van der Waals surface area (Å²) in [4.78, 5) is 10.5. The van der Waals surface area contributed by atoms with Gasteiger partial charge in [0.05, 0.1) is 0 Å². The van der Waals surface area contributed by atoms with Gasteiger partial charge in [-0.1, -0.05) is 67.1 Å². The Morgan fingerprint density at radius 3 is 2.21 bits per heavy atom. The lowest BCUT2D eigenvalue weighted by Crippen LogP contribution is -2.02. The van der Waals surface area contributed by atoms with Crippen LogP contribution in [0.1, 0.15) is 71.1 Å². The van der Waals surface area contributed by atoms with Crippen LogP contribution in [-0.4, -0.2) is 16.4 Å². The zero-order chi connectivity index (χ0) is 14.3. The number of rotatable bonds is 13. The topological polar surface area (TPSA) is 37.3 Å². The van der Waals surface area contributed by atoms with E-state index < -0.39 is 5.97 Å². The summed E-state index contributed by atoms with van der Waals surface area (Å²) in [6.07, 6.45) is 16.0. The smallest absolute Gasteiger partial charge is 0.303 e. The van der Waals surface area contributed by atoms with Crippen molar-refractivity contribution in [2.45, 2.75) is 71.1 Å². The minimum atomic E-state index is -0.694. The Kier molecular flexibility index (Phi) is 13.9. The first-order valence-electron chi connectivity index (χ1n) is 7.59. The van der Waals surface area contributed by atoms with E-state index in [0.717, 1.165) is 18.2 Å². The molecule has 0 spiro atoms. The second-order valence-corrected chi connectivity index (χ2v) is 6.16. The van der Waals surface area contributed by atoms with Gasteiger partial charge in [0.25, 0.3) is 0 Å². The fourth-order valence-corrected chi connectivity index (χ4v) is 2.46. The minimum Gasteiger partial charge on any atom is -0.481 e. The number of allylic oxidation sites excluding steroid dienone is 2. The van der Waals surface area contributed by atoms with Gasteiger partial charge < -0.3 is 5.11 Å². The van der Waals surface area contributed by atoms with Crippen LogP contribution in [0.2, 0.25) is 0 Å². The molecule has 0 saturated heterocycles. The second-order valence-electron chi connectivity index (χ2n) is 5.36. The largest absolute Gasteiger partial charge is 0.481 e. The molecule has 0 aromatic carbocycles. The quantitative estimate of drug-likeness (QED) is 0.272. The molecule has 2 nitrogen and oxygen atoms in total. The predicted molar refractivity (Wildman–Crippen MR) is 85.9 cm³/mol. The van der Waals surface area contributed by atoms with Gasteiger partial charge in [-0.2, -0.15) is 0 Å². The molecule has 0 aromatic rings. The maximum absolute atomic E-state index is 10.5. The van der Waals surface area contributed by atoms with Crippen molar-refractivity contribution in [3.63, 3.8) is 0 Å². The molecule has 0 fully saturated rings. The Morgan fingerprint density at radius 1 is 1.05 bits per heavy atom. The molecular weight excluding hydrogens is 304 g/mol. The Bertz CT molecular complexity index is 239. The zero-order valence-electron chi connectivity index (χ0n) is 12.2. The molecule has 0 radical (unpaired) electrons. The SMILES string of the molecule is CC(C/C=C\CCCCCCCCCBr)CC(=O)O. The molecule has 0 aliphatic rings. The molecule has 0 amide bonds. The van der Waals surface area contributed by atoms with Crippen molar-refractivity contribution >= 4 is 21.9 Å². The van der Waals surface area contributed by atoms with Gasteiger partial charge in [0, 0.05) is 11.8 Å². The molecule has 0 aliphatic heterocycles. The maximum Gasteiger partial charge on any atom is 0.303 e. The molecule has 1 atom stereocenters. The van der Waals surface area contributed by atoms with Gasteiger partial charge in [-0.05, 0) is 31.6 Å². The number of aliphatic carboxylic acids is 1. The van der Waals surface area contributed by atoms with Crippen molar-refractivity contribution < 1.29 is 9.90 Å². The van der Waals surface area contributed by atoms with Crippen molar-refractivity contribution in [3.8, 4) is 0 Å². The van der Waals surface area contributed by atoms with Crippen molar-refractivity contribution in [2.75, 3.05) is 5.33 Å². The number of alkyl halides is 1. The summed E-state index contributed by atoms with van der Waals surface area (Å²) < 4.78 is 0. The van der Waals surface area contributed by atoms with Crippen LogP contribution in [0.25, 0.3) is 0 Å². The van der Waals surface area contributed by atoms with E-state index in [2.05, 4.69) is 28.1 Å². The average molecular weight is 333 g/mol. The number of carbonyl (C=O) groups is 1. The van der Waals surface area contributed by atoms with Crippen molar-refractivity contribution in [3.05, 3.63) is 12.2 Å². The third-order valence-electron chi connectivity index (χ3n) is 3.23. The molecule has 1 N–H and O–H groups in total. The summed E-state index contributed by atoms with van der Waals surface area (Å²) in [5.41, 5.74) is 0. The summed E-state index contributed by atoms with van der Waals surface area (Å²) in [7, 11) is 0. The van der Waals surface area contributed by atoms with Gasteiger partial charge in [-0.15, -0.1) is 0 Å². The molecule has 19 heavy (non-hydrogen) atoms. The van der Waals surface area contributed by atoms with Crippen LogP contribution in [-0.2, 0) is 4.79 Å². The summed E-state index contributed by atoms with van der Waals surface area (Å²) in [6.45, 7) is 1.99. The van der Waals surface area contributed by atoms with Crippen molar-refractivity contribution in [1.82, 2.24) is 0 Å². The van der Waals surface area contributed by atoms with Gasteiger partial charge in [0.15, 0.2) is 0 Å². The number of halogens is 1. The number of hydrogen-bond acceptors (Lipinski definition) is 1. The highest BCUT2D eigenvalue weighted by molar-refractivity contribution is 9.09. The Balaban J connectivity index is 3.23. The van der Waals surface area contributed by atoms with E-state index in [1.807, 2.05) is 6.92 Å². The van der Waals surface area contributed by atoms with E-state index in [4.69, 9.17) is 5.11 Å². The fourth-order valence-electron chi connectivity index (χ4n) is 2.07. The number of carboxylic acid groups (broad SMARTS) is 1. The third kappa shape index (κ3) is 15.6. The molecule has 0 rings (SSSR count). The van der Waals surface area contributed by atoms with Crippen LogP contribution in [0, 0.1) is 5.92 Å². The van der Waals surface area contributed by atoms with E-state index in [1.54, 1.807) is 0 Å². The highest BCUT2D eigenvalue weighted by Crippen LogP contribution is 2.11. The molecule has 0 heterocycles. The Hall–Kier alpha value is -0.310. The van der Waals surface area contributed by atoms with Gasteiger partial charge >= 0.3 is 5.97 Å². The minimum absolute atomic E-state index is 0.253. The van der Waals surface area contributed by atoms with Crippen LogP contribution in [0.3, 0.4) is 0 Å². The fraction of sp³-hybridized carbons (Fsp3) is 0.812. The van der Waals surface area contributed by atoms with E-state index in [1.165, 1.54) is 44.9 Å².